The van der Waals surface area contributed by atoms with Crippen LogP contribution in [0.1, 0.15) is 11.8 Å². The molecule has 1 aromatic rings. The molecule has 0 N–H and O–H groups in total. The first-order valence-electron chi connectivity index (χ1n) is 4.20. The van der Waals surface area contributed by atoms with Crippen LogP contribution in [0, 0.1) is 5.13 Å². The van der Waals surface area contributed by atoms with E-state index in [0.717, 1.165) is 11.3 Å². The van der Waals surface area contributed by atoms with Gasteiger partial charge >= 0.3 is 5.97 Å². The zero-order chi connectivity index (χ0) is 12.3. The minimum Gasteiger partial charge on any atom is -0.469 e. The van der Waals surface area contributed by atoms with Gasteiger partial charge in [0.15, 0.2) is 0 Å². The van der Waals surface area contributed by atoms with Gasteiger partial charge in [0.1, 0.15) is 10.9 Å². The van der Waals surface area contributed by atoms with E-state index in [1.54, 1.807) is 0 Å². The van der Waals surface area contributed by atoms with Gasteiger partial charge in [0.2, 0.25) is 5.13 Å². The Morgan fingerprint density at radius 2 is 2.25 bits per heavy atom. The van der Waals surface area contributed by atoms with Crippen molar-refractivity contribution in [2.24, 2.45) is 4.99 Å². The predicted molar refractivity (Wildman–Crippen MR) is 63.6 cm³/mol. The molecule has 0 radical (unpaired) electrons. The van der Waals surface area contributed by atoms with Crippen molar-refractivity contribution in [1.29, 1.82) is 0 Å². The van der Waals surface area contributed by atoms with E-state index in [-0.39, 0.29) is 22.3 Å². The molecule has 0 saturated heterocycles. The Labute approximate surface area is 106 Å². The fourth-order valence-corrected chi connectivity index (χ4v) is 2.27. The van der Waals surface area contributed by atoms with Crippen LogP contribution in [0.4, 0.5) is 10.1 Å². The molecule has 0 aliphatic heterocycles. The van der Waals surface area contributed by atoms with Crippen LogP contribution in [0.2, 0.25) is 5.02 Å². The molecule has 16 heavy (non-hydrogen) atoms. The van der Waals surface area contributed by atoms with Crippen LogP contribution in [0.25, 0.3) is 0 Å². The number of rotatable bonds is 3. The maximum Gasteiger partial charge on any atom is 0.310 e. The second-order valence-electron chi connectivity index (χ2n) is 2.82. The number of ether oxygens (including phenoxy) is 1. The van der Waals surface area contributed by atoms with Crippen LogP contribution < -0.4 is 0 Å². The van der Waals surface area contributed by atoms with E-state index in [1.165, 1.54) is 14.0 Å². The fourth-order valence-electron chi connectivity index (χ4n) is 0.984. The Morgan fingerprint density at radius 1 is 1.62 bits per heavy atom. The number of halogens is 3. The summed E-state index contributed by atoms with van der Waals surface area (Å²) in [6.07, 6.45) is -0.0756. The lowest BCUT2D eigenvalue weighted by Crippen LogP contribution is -2.03. The van der Waals surface area contributed by atoms with Gasteiger partial charge in [0.05, 0.1) is 18.6 Å². The monoisotopic (exact) mass is 283 g/mol. The van der Waals surface area contributed by atoms with Crippen molar-refractivity contribution < 1.29 is 13.9 Å². The van der Waals surface area contributed by atoms with E-state index in [0.29, 0.717) is 4.88 Å². The molecule has 1 aromatic heterocycles. The summed E-state index contributed by atoms with van der Waals surface area (Å²) < 4.78 is 17.9. The zero-order valence-corrected chi connectivity index (χ0v) is 10.8. The standard InChI is InChI=1S/C9H8Cl2FNO2S/c1-4(10)13-8-7(11)5(16-9(8)12)3-6(14)15-2/h3H2,1-2H3. The van der Waals surface area contributed by atoms with E-state index in [2.05, 4.69) is 9.73 Å². The summed E-state index contributed by atoms with van der Waals surface area (Å²) in [4.78, 5) is 15.1. The summed E-state index contributed by atoms with van der Waals surface area (Å²) in [7, 11) is 1.25. The molecule has 0 spiro atoms. The Hall–Kier alpha value is -0.650. The van der Waals surface area contributed by atoms with Gasteiger partial charge in [-0.3, -0.25) is 4.79 Å². The molecule has 0 unspecified atom stereocenters. The first-order valence-corrected chi connectivity index (χ1v) is 5.77. The van der Waals surface area contributed by atoms with Gasteiger partial charge in [-0.2, -0.15) is 4.39 Å². The smallest absolute Gasteiger partial charge is 0.310 e. The molecular weight excluding hydrogens is 276 g/mol. The molecule has 7 heteroatoms. The number of methoxy groups -OCH3 is 1. The van der Waals surface area contributed by atoms with E-state index in [1.807, 2.05) is 0 Å². The van der Waals surface area contributed by atoms with Crippen molar-refractivity contribution in [3.05, 3.63) is 15.0 Å². The van der Waals surface area contributed by atoms with Gasteiger partial charge < -0.3 is 4.74 Å². The number of carbonyl (C=O) groups is 1. The number of carbonyl (C=O) groups excluding carboxylic acids is 1. The quantitative estimate of drug-likeness (QED) is 0.629. The third-order valence-electron chi connectivity index (χ3n) is 1.65. The molecule has 88 valence electrons. The van der Waals surface area contributed by atoms with Crippen LogP contribution in [0.15, 0.2) is 4.99 Å². The highest BCUT2D eigenvalue weighted by Gasteiger charge is 2.18. The fraction of sp³-hybridized carbons (Fsp3) is 0.333. The summed E-state index contributed by atoms with van der Waals surface area (Å²) in [6.45, 7) is 1.51. The first kappa shape index (κ1) is 13.4. The highest BCUT2D eigenvalue weighted by Crippen LogP contribution is 2.39. The zero-order valence-electron chi connectivity index (χ0n) is 8.51. The average Bonchev–Trinajstić information content (AvgIpc) is 2.45. The van der Waals surface area contributed by atoms with Crippen LogP contribution in [0.3, 0.4) is 0 Å². The molecule has 1 heterocycles. The molecule has 0 amide bonds. The van der Waals surface area contributed by atoms with Gasteiger partial charge in [-0.15, -0.1) is 11.3 Å². The normalized spacial score (nSPS) is 11.7. The highest BCUT2D eigenvalue weighted by atomic mass is 35.5. The maximum atomic E-state index is 13.4. The van der Waals surface area contributed by atoms with Crippen molar-refractivity contribution >= 4 is 51.4 Å². The number of thiophene rings is 1. The first-order chi connectivity index (χ1) is 7.45. The third-order valence-corrected chi connectivity index (χ3v) is 3.22. The lowest BCUT2D eigenvalue weighted by Gasteiger charge is -1.96. The minimum absolute atomic E-state index is 0.0296. The average molecular weight is 284 g/mol. The second-order valence-corrected chi connectivity index (χ2v) is 4.80. The van der Waals surface area contributed by atoms with Crippen molar-refractivity contribution in [3.8, 4) is 0 Å². The molecule has 0 atom stereocenters. The van der Waals surface area contributed by atoms with E-state index in [9.17, 15) is 9.18 Å². The van der Waals surface area contributed by atoms with Gasteiger partial charge in [-0.25, -0.2) is 4.99 Å². The largest absolute Gasteiger partial charge is 0.469 e. The number of hydrogen-bond acceptors (Lipinski definition) is 4. The third kappa shape index (κ3) is 3.17. The Morgan fingerprint density at radius 3 is 2.75 bits per heavy atom. The Balaban J connectivity index is 3.07. The Bertz CT molecular complexity index is 441. The van der Waals surface area contributed by atoms with Crippen molar-refractivity contribution in [3.63, 3.8) is 0 Å². The van der Waals surface area contributed by atoms with Crippen LogP contribution in [-0.2, 0) is 16.0 Å². The topological polar surface area (TPSA) is 38.7 Å². The van der Waals surface area contributed by atoms with Crippen LogP contribution >= 0.6 is 34.5 Å². The summed E-state index contributed by atoms with van der Waals surface area (Å²) in [6, 6.07) is 0. The molecule has 0 fully saturated rings. The maximum absolute atomic E-state index is 13.4. The van der Waals surface area contributed by atoms with Crippen LogP contribution in [0.5, 0.6) is 0 Å². The number of nitrogens with zero attached hydrogens (tertiary/aromatic N) is 1. The van der Waals surface area contributed by atoms with Gasteiger partial charge in [0, 0.05) is 4.88 Å². The second kappa shape index (κ2) is 5.61. The molecule has 0 aromatic carbocycles. The van der Waals surface area contributed by atoms with Gasteiger partial charge in [0.25, 0.3) is 0 Å². The summed E-state index contributed by atoms with van der Waals surface area (Å²) >= 11 is 12.2. The van der Waals surface area contributed by atoms with Crippen LogP contribution in [-0.4, -0.2) is 18.2 Å². The molecule has 3 nitrogen and oxygen atoms in total. The molecular formula is C9H8Cl2FNO2S. The number of esters is 1. The predicted octanol–water partition coefficient (Wildman–Crippen LogP) is 3.54. The van der Waals surface area contributed by atoms with E-state index < -0.39 is 11.1 Å². The van der Waals surface area contributed by atoms with Gasteiger partial charge in [-0.1, -0.05) is 23.2 Å². The number of aliphatic imine (C=N–C) groups is 1. The molecule has 1 rings (SSSR count). The molecule has 0 aliphatic rings. The summed E-state index contributed by atoms with van der Waals surface area (Å²) in [5.74, 6) is -0.485. The number of hydrogen-bond donors (Lipinski definition) is 0. The Kier molecular flexibility index (Phi) is 4.70. The summed E-state index contributed by atoms with van der Waals surface area (Å²) in [5.41, 5.74) is -0.0296. The summed E-state index contributed by atoms with van der Waals surface area (Å²) in [5, 5.41) is -0.292. The highest BCUT2D eigenvalue weighted by molar-refractivity contribution is 7.11. The molecule has 0 bridgehead atoms. The molecule has 0 aliphatic carbocycles. The lowest BCUT2D eigenvalue weighted by molar-refractivity contribution is -0.139. The van der Waals surface area contributed by atoms with Gasteiger partial charge in [-0.05, 0) is 6.92 Å². The minimum atomic E-state index is -0.566. The SMILES string of the molecule is COC(=O)Cc1sc(F)c(N=C(C)Cl)c1Cl. The lowest BCUT2D eigenvalue weighted by atomic mass is 10.3. The van der Waals surface area contributed by atoms with Crippen molar-refractivity contribution in [2.75, 3.05) is 7.11 Å². The van der Waals surface area contributed by atoms with E-state index >= 15 is 0 Å². The van der Waals surface area contributed by atoms with Crippen molar-refractivity contribution in [2.45, 2.75) is 13.3 Å². The van der Waals surface area contributed by atoms with E-state index in [4.69, 9.17) is 23.2 Å². The molecule has 0 saturated carbocycles. The van der Waals surface area contributed by atoms with Crippen molar-refractivity contribution in [1.82, 2.24) is 0 Å².